The summed E-state index contributed by atoms with van der Waals surface area (Å²) in [5, 5.41) is 16.2. The van der Waals surface area contributed by atoms with Crippen molar-refractivity contribution in [2.75, 3.05) is 26.4 Å². The van der Waals surface area contributed by atoms with E-state index in [1.54, 1.807) is 0 Å². The van der Waals surface area contributed by atoms with E-state index in [4.69, 9.17) is 17.0 Å². The van der Waals surface area contributed by atoms with E-state index in [2.05, 4.69) is 4.74 Å². The molecule has 0 amide bonds. The Kier molecular flexibility index (Phi) is 20.6. The molecule has 0 aromatic carbocycles. The Morgan fingerprint density at radius 3 is 1.60 bits per heavy atom. The van der Waals surface area contributed by atoms with Crippen LogP contribution in [0.15, 0.2) is 0 Å². The zero-order valence-electron chi connectivity index (χ0n) is 5.36. The van der Waals surface area contributed by atoms with Crippen LogP contribution < -0.4 is 0 Å². The zero-order chi connectivity index (χ0) is 8.24. The molecule has 0 atom stereocenters. The maximum atomic E-state index is 8.50. The van der Waals surface area contributed by atoms with Gasteiger partial charge in [0.25, 0.3) is 0 Å². The van der Waals surface area contributed by atoms with E-state index in [-0.39, 0.29) is 13.2 Å². The standard InChI is InChI=1S/C4H10O3.Mo.2O/c5-1-3-7-4-2-6;;;/h5-6H,1-4H2;;;. The normalized spacial score (nSPS) is 7.80. The minimum atomic E-state index is -2.03. The Morgan fingerprint density at radius 2 is 1.40 bits per heavy atom. The van der Waals surface area contributed by atoms with E-state index in [0.29, 0.717) is 13.2 Å². The van der Waals surface area contributed by atoms with Gasteiger partial charge in [-0.25, -0.2) is 0 Å². The van der Waals surface area contributed by atoms with Crippen LogP contribution in [0.3, 0.4) is 0 Å². The van der Waals surface area contributed by atoms with E-state index in [9.17, 15) is 0 Å². The first-order valence-electron chi connectivity index (χ1n) is 2.54. The first kappa shape index (κ1) is 12.8. The van der Waals surface area contributed by atoms with Crippen molar-refractivity contribution in [3.05, 3.63) is 0 Å². The fourth-order valence-electron chi connectivity index (χ4n) is 0.231. The van der Waals surface area contributed by atoms with Crippen molar-refractivity contribution in [1.29, 1.82) is 0 Å². The molecular weight excluding hydrogens is 224 g/mol. The second kappa shape index (κ2) is 16.1. The second-order valence-electron chi connectivity index (χ2n) is 1.13. The van der Waals surface area contributed by atoms with E-state index in [0.717, 1.165) is 0 Å². The predicted octanol–water partition coefficient (Wildman–Crippen LogP) is -1.25. The summed E-state index contributed by atoms with van der Waals surface area (Å²) < 4.78 is 21.6. The third-order valence-corrected chi connectivity index (χ3v) is 0.471. The van der Waals surface area contributed by atoms with Crippen molar-refractivity contribution in [2.45, 2.75) is 0 Å². The number of aliphatic hydroxyl groups is 2. The molecule has 10 heavy (non-hydrogen) atoms. The van der Waals surface area contributed by atoms with Crippen molar-refractivity contribution in [2.24, 2.45) is 0 Å². The third kappa shape index (κ3) is 24.2. The molecule has 0 radical (unpaired) electrons. The Morgan fingerprint density at radius 1 is 1.10 bits per heavy atom. The van der Waals surface area contributed by atoms with Crippen LogP contribution in [0, 0.1) is 0 Å². The van der Waals surface area contributed by atoms with Gasteiger partial charge < -0.3 is 14.9 Å². The van der Waals surface area contributed by atoms with Gasteiger partial charge in [0.2, 0.25) is 0 Å². The van der Waals surface area contributed by atoms with E-state index in [1.807, 2.05) is 0 Å². The minimum absolute atomic E-state index is 0.0278. The summed E-state index contributed by atoms with van der Waals surface area (Å²) in [6, 6.07) is 0. The van der Waals surface area contributed by atoms with Crippen LogP contribution in [0.1, 0.15) is 0 Å². The molecule has 0 saturated heterocycles. The fraction of sp³-hybridized carbons (Fsp3) is 1.00. The summed E-state index contributed by atoms with van der Waals surface area (Å²) in [5.74, 6) is 0. The van der Waals surface area contributed by atoms with Gasteiger partial charge >= 0.3 is 25.3 Å². The molecule has 0 fully saturated rings. The van der Waals surface area contributed by atoms with Gasteiger partial charge in [-0.3, -0.25) is 0 Å². The number of ether oxygens (including phenoxy) is 1. The quantitative estimate of drug-likeness (QED) is 0.469. The topological polar surface area (TPSA) is 83.8 Å². The van der Waals surface area contributed by atoms with Crippen LogP contribution in [0.2, 0.25) is 0 Å². The van der Waals surface area contributed by atoms with Gasteiger partial charge in [-0.15, -0.1) is 0 Å². The average Bonchev–Trinajstić information content (AvgIpc) is 1.91. The molecule has 0 spiro atoms. The second-order valence-corrected chi connectivity index (χ2v) is 1.46. The Hall–Kier alpha value is 0.168. The first-order chi connectivity index (χ1) is 4.83. The van der Waals surface area contributed by atoms with Crippen LogP contribution in [0.4, 0.5) is 0 Å². The monoisotopic (exact) mass is 236 g/mol. The molecule has 0 saturated carbocycles. The fourth-order valence-corrected chi connectivity index (χ4v) is 0.231. The predicted molar refractivity (Wildman–Crippen MR) is 26.4 cm³/mol. The summed E-state index contributed by atoms with van der Waals surface area (Å²) in [5.41, 5.74) is 0. The van der Waals surface area contributed by atoms with Gasteiger partial charge in [0.1, 0.15) is 0 Å². The van der Waals surface area contributed by atoms with E-state index < -0.39 is 18.5 Å². The molecule has 0 aromatic heterocycles. The average molecular weight is 234 g/mol. The Balaban J connectivity index is 0. The van der Waals surface area contributed by atoms with Crippen LogP contribution in [0.25, 0.3) is 0 Å². The van der Waals surface area contributed by atoms with Crippen LogP contribution in [-0.4, -0.2) is 36.6 Å². The number of hydrogen-bond acceptors (Lipinski definition) is 5. The third-order valence-electron chi connectivity index (χ3n) is 0.471. The Labute approximate surface area is 67.2 Å². The van der Waals surface area contributed by atoms with E-state index >= 15 is 0 Å². The summed E-state index contributed by atoms with van der Waals surface area (Å²) in [7, 11) is 0. The van der Waals surface area contributed by atoms with E-state index in [1.165, 1.54) is 0 Å². The van der Waals surface area contributed by atoms with Gasteiger partial charge in [-0.2, -0.15) is 0 Å². The van der Waals surface area contributed by atoms with Crippen LogP contribution in [-0.2, 0) is 30.0 Å². The van der Waals surface area contributed by atoms with Crippen LogP contribution >= 0.6 is 0 Å². The maximum absolute atomic E-state index is 8.50. The molecule has 5 nitrogen and oxygen atoms in total. The summed E-state index contributed by atoms with van der Waals surface area (Å²) >= 11 is -2.03. The molecular formula is C4H10MoO5. The molecule has 62 valence electrons. The van der Waals surface area contributed by atoms with Crippen molar-refractivity contribution >= 4 is 0 Å². The summed E-state index contributed by atoms with van der Waals surface area (Å²) in [4.78, 5) is 0. The number of aliphatic hydroxyl groups excluding tert-OH is 2. The van der Waals surface area contributed by atoms with Crippen molar-refractivity contribution in [3.63, 3.8) is 0 Å². The molecule has 0 aliphatic rings. The van der Waals surface area contributed by atoms with Crippen LogP contribution in [0.5, 0.6) is 0 Å². The van der Waals surface area contributed by atoms with Gasteiger partial charge in [0.05, 0.1) is 26.4 Å². The number of hydrogen-bond donors (Lipinski definition) is 2. The molecule has 0 aliphatic heterocycles. The Bertz CT molecular complexity index is 75.7. The van der Waals surface area contributed by atoms with Crippen molar-refractivity contribution < 1.29 is 40.2 Å². The zero-order valence-corrected chi connectivity index (χ0v) is 7.36. The van der Waals surface area contributed by atoms with Gasteiger partial charge in [0, 0.05) is 0 Å². The molecule has 0 bridgehead atoms. The number of rotatable bonds is 4. The molecule has 0 heterocycles. The van der Waals surface area contributed by atoms with Gasteiger partial charge in [-0.05, 0) is 0 Å². The molecule has 0 rings (SSSR count). The molecule has 0 unspecified atom stereocenters. The SMILES string of the molecule is OCCOCCO.[O]=[Mo]=[O]. The van der Waals surface area contributed by atoms with Crippen molar-refractivity contribution in [1.82, 2.24) is 0 Å². The molecule has 0 aromatic rings. The van der Waals surface area contributed by atoms with Gasteiger partial charge in [0.15, 0.2) is 0 Å². The summed E-state index contributed by atoms with van der Waals surface area (Å²) in [6.45, 7) is 0.696. The molecule has 6 heteroatoms. The van der Waals surface area contributed by atoms with Crippen molar-refractivity contribution in [3.8, 4) is 0 Å². The molecule has 0 aliphatic carbocycles. The van der Waals surface area contributed by atoms with Gasteiger partial charge in [-0.1, -0.05) is 0 Å². The first-order valence-corrected chi connectivity index (χ1v) is 4.18. The summed E-state index contributed by atoms with van der Waals surface area (Å²) in [6.07, 6.45) is 0. The molecule has 2 N–H and O–H groups in total.